The number of nitrogens with zero attached hydrogens (tertiary/aromatic N) is 1. The third-order valence-electron chi connectivity index (χ3n) is 4.79. The molecular weight excluding hydrogens is 278 g/mol. The molecule has 0 radical (unpaired) electrons. The van der Waals surface area contributed by atoms with Crippen LogP contribution in [-0.2, 0) is 9.59 Å². The number of halogens is 1. The maximum atomic E-state index is 12.3. The van der Waals surface area contributed by atoms with Gasteiger partial charge in [0.15, 0.2) is 0 Å². The van der Waals surface area contributed by atoms with Crippen LogP contribution in [0, 0.1) is 11.3 Å². The molecule has 3 fully saturated rings. The van der Waals surface area contributed by atoms with Gasteiger partial charge in [0.05, 0.1) is 6.54 Å². The van der Waals surface area contributed by atoms with E-state index >= 15 is 0 Å². The first-order valence-corrected chi connectivity index (χ1v) is 7.36. The summed E-state index contributed by atoms with van der Waals surface area (Å²) in [7, 11) is 1.75. The van der Waals surface area contributed by atoms with Crippen LogP contribution >= 0.6 is 12.4 Å². The molecule has 1 heterocycles. The fraction of sp³-hybridized carbons (Fsp3) is 0.857. The van der Waals surface area contributed by atoms with Crippen molar-refractivity contribution in [2.24, 2.45) is 11.3 Å². The number of hydrogen-bond donors (Lipinski definition) is 2. The predicted molar refractivity (Wildman–Crippen MR) is 78.7 cm³/mol. The Kier molecular flexibility index (Phi) is 4.59. The summed E-state index contributed by atoms with van der Waals surface area (Å²) >= 11 is 0. The molecule has 2 amide bonds. The zero-order valence-corrected chi connectivity index (χ0v) is 12.8. The molecule has 0 aromatic heterocycles. The Hall–Kier alpha value is -0.810. The van der Waals surface area contributed by atoms with E-state index in [4.69, 9.17) is 0 Å². The van der Waals surface area contributed by atoms with Crippen LogP contribution in [0.5, 0.6) is 0 Å². The molecule has 0 aromatic carbocycles. The van der Waals surface area contributed by atoms with Gasteiger partial charge in [0.25, 0.3) is 0 Å². The third kappa shape index (κ3) is 3.26. The molecule has 2 saturated carbocycles. The van der Waals surface area contributed by atoms with E-state index in [1.807, 2.05) is 0 Å². The Morgan fingerprint density at radius 3 is 2.55 bits per heavy atom. The third-order valence-corrected chi connectivity index (χ3v) is 4.79. The first-order valence-electron chi connectivity index (χ1n) is 7.36. The molecule has 3 rings (SSSR count). The maximum absolute atomic E-state index is 12.3. The van der Waals surface area contributed by atoms with Gasteiger partial charge in [-0.15, -0.1) is 12.4 Å². The number of nitrogens with one attached hydrogen (secondary N) is 2. The van der Waals surface area contributed by atoms with E-state index < -0.39 is 0 Å². The highest BCUT2D eigenvalue weighted by Gasteiger charge is 2.58. The highest BCUT2D eigenvalue weighted by Crippen LogP contribution is 2.59. The van der Waals surface area contributed by atoms with Crippen LogP contribution < -0.4 is 10.6 Å². The molecule has 1 atom stereocenters. The van der Waals surface area contributed by atoms with E-state index in [-0.39, 0.29) is 42.1 Å². The molecule has 1 spiro atoms. The summed E-state index contributed by atoms with van der Waals surface area (Å²) in [6.07, 6.45) is 5.39. The van der Waals surface area contributed by atoms with Crippen LogP contribution in [0.1, 0.15) is 32.1 Å². The lowest BCUT2D eigenvalue weighted by Gasteiger charge is -2.25. The Labute approximate surface area is 126 Å². The molecule has 3 aliphatic rings. The van der Waals surface area contributed by atoms with Crippen LogP contribution in [0.3, 0.4) is 0 Å². The minimum absolute atomic E-state index is 0. The monoisotopic (exact) mass is 301 g/mol. The van der Waals surface area contributed by atoms with E-state index in [2.05, 4.69) is 10.6 Å². The quantitative estimate of drug-likeness (QED) is 0.796. The summed E-state index contributed by atoms with van der Waals surface area (Å²) in [5.74, 6) is 0.305. The lowest BCUT2D eigenvalue weighted by Crippen LogP contribution is -2.41. The van der Waals surface area contributed by atoms with Crippen molar-refractivity contribution in [1.82, 2.24) is 15.5 Å². The van der Waals surface area contributed by atoms with Crippen LogP contribution in [-0.4, -0.2) is 49.4 Å². The van der Waals surface area contributed by atoms with Gasteiger partial charge in [-0.3, -0.25) is 9.59 Å². The van der Waals surface area contributed by atoms with Crippen molar-refractivity contribution in [2.75, 3.05) is 26.7 Å². The topological polar surface area (TPSA) is 61.4 Å². The summed E-state index contributed by atoms with van der Waals surface area (Å²) in [4.78, 5) is 25.7. The van der Waals surface area contributed by atoms with Gasteiger partial charge in [-0.05, 0) is 50.6 Å². The number of piperidine rings is 1. The predicted octanol–water partition coefficient (Wildman–Crippen LogP) is 0.535. The molecule has 1 saturated heterocycles. The minimum Gasteiger partial charge on any atom is -0.352 e. The molecule has 114 valence electrons. The Morgan fingerprint density at radius 1 is 1.30 bits per heavy atom. The molecule has 2 aliphatic carbocycles. The highest BCUT2D eigenvalue weighted by atomic mass is 35.5. The minimum atomic E-state index is -0.0154. The average Bonchev–Trinajstić information content (AvgIpc) is 3.29. The second-order valence-corrected chi connectivity index (χ2v) is 6.41. The van der Waals surface area contributed by atoms with Gasteiger partial charge in [0, 0.05) is 19.0 Å². The molecule has 20 heavy (non-hydrogen) atoms. The first-order chi connectivity index (χ1) is 9.11. The summed E-state index contributed by atoms with van der Waals surface area (Å²) in [5.41, 5.74) is 0.254. The second-order valence-electron chi connectivity index (χ2n) is 6.41. The average molecular weight is 302 g/mol. The van der Waals surface area contributed by atoms with Crippen LogP contribution in [0.25, 0.3) is 0 Å². The number of amides is 2. The zero-order valence-electron chi connectivity index (χ0n) is 12.0. The molecule has 0 bridgehead atoms. The van der Waals surface area contributed by atoms with Crippen molar-refractivity contribution in [3.05, 3.63) is 0 Å². The number of carbonyl (C=O) groups excluding carboxylic acids is 2. The summed E-state index contributed by atoms with van der Waals surface area (Å²) < 4.78 is 0. The van der Waals surface area contributed by atoms with E-state index in [1.165, 1.54) is 0 Å². The summed E-state index contributed by atoms with van der Waals surface area (Å²) in [6, 6.07) is 0.368. The largest absolute Gasteiger partial charge is 0.352 e. The summed E-state index contributed by atoms with van der Waals surface area (Å²) in [5, 5.41) is 6.27. The molecular formula is C14H24ClN3O2. The van der Waals surface area contributed by atoms with Crippen LogP contribution in [0.15, 0.2) is 0 Å². The summed E-state index contributed by atoms with van der Waals surface area (Å²) in [6.45, 7) is 2.26. The van der Waals surface area contributed by atoms with Crippen molar-refractivity contribution >= 4 is 24.2 Å². The number of hydrogen-bond acceptors (Lipinski definition) is 3. The molecule has 1 unspecified atom stereocenters. The van der Waals surface area contributed by atoms with Crippen molar-refractivity contribution in [1.29, 1.82) is 0 Å². The fourth-order valence-electron chi connectivity index (χ4n) is 3.23. The van der Waals surface area contributed by atoms with Gasteiger partial charge < -0.3 is 15.5 Å². The molecule has 0 aromatic rings. The molecule has 5 nitrogen and oxygen atoms in total. The Morgan fingerprint density at radius 2 is 1.95 bits per heavy atom. The molecule has 1 aliphatic heterocycles. The van der Waals surface area contributed by atoms with E-state index in [9.17, 15) is 9.59 Å². The van der Waals surface area contributed by atoms with Crippen molar-refractivity contribution in [3.63, 3.8) is 0 Å². The van der Waals surface area contributed by atoms with Crippen LogP contribution in [0.4, 0.5) is 0 Å². The van der Waals surface area contributed by atoms with Gasteiger partial charge in [0.2, 0.25) is 11.8 Å². The normalized spacial score (nSPS) is 26.6. The Bertz CT molecular complexity index is 392. The van der Waals surface area contributed by atoms with E-state index in [0.717, 1.165) is 45.2 Å². The van der Waals surface area contributed by atoms with Gasteiger partial charge >= 0.3 is 0 Å². The van der Waals surface area contributed by atoms with Gasteiger partial charge in [-0.25, -0.2) is 0 Å². The number of rotatable bonds is 4. The first kappa shape index (κ1) is 15.6. The maximum Gasteiger partial charge on any atom is 0.239 e. The smallest absolute Gasteiger partial charge is 0.239 e. The molecule has 6 heteroatoms. The fourth-order valence-corrected chi connectivity index (χ4v) is 3.23. The van der Waals surface area contributed by atoms with Crippen molar-refractivity contribution in [2.45, 2.75) is 38.1 Å². The van der Waals surface area contributed by atoms with Crippen molar-refractivity contribution < 1.29 is 9.59 Å². The van der Waals surface area contributed by atoms with Gasteiger partial charge in [0.1, 0.15) is 0 Å². The standard InChI is InChI=1S/C14H23N3O2.ClH/c1-17(9-12(18)16-10-2-3-10)13(19)11-8-14(11)4-6-15-7-5-14;/h10-11,15H,2-9H2,1H3,(H,16,18);1H. The Balaban J connectivity index is 0.00000147. The van der Waals surface area contributed by atoms with E-state index in [0.29, 0.717) is 6.04 Å². The number of carbonyl (C=O) groups is 2. The SMILES string of the molecule is CN(CC(=O)NC1CC1)C(=O)C1CC12CCNCC2.Cl. The number of likely N-dealkylation sites (N-methyl/N-ethyl adjacent to an activating group) is 1. The van der Waals surface area contributed by atoms with Crippen LogP contribution in [0.2, 0.25) is 0 Å². The second kappa shape index (κ2) is 5.90. The lowest BCUT2D eigenvalue weighted by atomic mass is 9.91. The molecule has 2 N–H and O–H groups in total. The highest BCUT2D eigenvalue weighted by molar-refractivity contribution is 5.88. The van der Waals surface area contributed by atoms with Crippen molar-refractivity contribution in [3.8, 4) is 0 Å². The van der Waals surface area contributed by atoms with Gasteiger partial charge in [-0.2, -0.15) is 0 Å². The zero-order chi connectivity index (χ0) is 13.5. The van der Waals surface area contributed by atoms with E-state index in [1.54, 1.807) is 11.9 Å². The van der Waals surface area contributed by atoms with Gasteiger partial charge in [-0.1, -0.05) is 0 Å². The lowest BCUT2D eigenvalue weighted by molar-refractivity contribution is -0.136.